The van der Waals surface area contributed by atoms with E-state index in [2.05, 4.69) is 16.7 Å². The quantitative estimate of drug-likeness (QED) is 0.634. The summed E-state index contributed by atoms with van der Waals surface area (Å²) >= 11 is 0. The highest BCUT2D eigenvalue weighted by molar-refractivity contribution is 7.89. The molecule has 0 amide bonds. The van der Waals surface area contributed by atoms with Crippen molar-refractivity contribution < 1.29 is 23.0 Å². The Hall–Kier alpha value is -2.41. The number of aliphatic hydroxyl groups is 1. The van der Waals surface area contributed by atoms with E-state index >= 15 is 0 Å². The second kappa shape index (κ2) is 10.9. The van der Waals surface area contributed by atoms with Crippen LogP contribution < -0.4 is 4.74 Å². The predicted molar refractivity (Wildman–Crippen MR) is 130 cm³/mol. The van der Waals surface area contributed by atoms with Gasteiger partial charge in [0.2, 0.25) is 10.0 Å². The first-order valence-electron chi connectivity index (χ1n) is 11.6. The first-order chi connectivity index (χ1) is 16.5. The van der Waals surface area contributed by atoms with Crippen molar-refractivity contribution in [2.75, 3.05) is 47.1 Å². The Morgan fingerprint density at radius 1 is 1.03 bits per heavy atom. The molecule has 0 bridgehead atoms. The van der Waals surface area contributed by atoms with Crippen molar-refractivity contribution in [3.8, 4) is 17.6 Å². The number of hydrogen-bond acceptors (Lipinski definition) is 6. The van der Waals surface area contributed by atoms with E-state index in [1.54, 1.807) is 42.8 Å². The molecular formula is C26H32N2O5S. The van der Waals surface area contributed by atoms with E-state index in [0.717, 1.165) is 30.5 Å². The fourth-order valence-corrected chi connectivity index (χ4v) is 6.52. The van der Waals surface area contributed by atoms with Crippen LogP contribution in [0.5, 0.6) is 5.75 Å². The minimum Gasteiger partial charge on any atom is -0.497 e. The lowest BCUT2D eigenvalue weighted by Gasteiger charge is -2.57. The van der Waals surface area contributed by atoms with Crippen LogP contribution in [0.1, 0.15) is 29.9 Å². The largest absolute Gasteiger partial charge is 0.497 e. The minimum atomic E-state index is -3.64. The van der Waals surface area contributed by atoms with E-state index in [0.29, 0.717) is 25.4 Å². The molecule has 0 spiro atoms. The van der Waals surface area contributed by atoms with Crippen molar-refractivity contribution in [2.24, 2.45) is 0 Å². The van der Waals surface area contributed by atoms with Crippen LogP contribution in [0, 0.1) is 11.8 Å². The minimum absolute atomic E-state index is 0.0101. The Balaban J connectivity index is 1.58. The maximum Gasteiger partial charge on any atom is 0.243 e. The highest BCUT2D eigenvalue weighted by Crippen LogP contribution is 2.42. The molecule has 34 heavy (non-hydrogen) atoms. The zero-order valence-electron chi connectivity index (χ0n) is 19.7. The maximum atomic E-state index is 13.5. The van der Waals surface area contributed by atoms with Crippen molar-refractivity contribution in [1.29, 1.82) is 0 Å². The average molecular weight is 485 g/mol. The summed E-state index contributed by atoms with van der Waals surface area (Å²) in [5, 5.41) is 10.1. The molecule has 0 aliphatic carbocycles. The number of sulfonamides is 1. The number of methoxy groups -OCH3 is 2. The summed E-state index contributed by atoms with van der Waals surface area (Å²) in [6.45, 7) is 2.17. The van der Waals surface area contributed by atoms with E-state index in [1.807, 2.05) is 24.3 Å². The summed E-state index contributed by atoms with van der Waals surface area (Å²) < 4.78 is 38.7. The predicted octanol–water partition coefficient (Wildman–Crippen LogP) is 2.31. The Bertz CT molecular complexity index is 1120. The molecule has 2 aromatic carbocycles. The molecule has 2 saturated heterocycles. The molecule has 3 atom stereocenters. The molecule has 0 aromatic heterocycles. The summed E-state index contributed by atoms with van der Waals surface area (Å²) in [7, 11) is -0.468. The molecule has 4 rings (SSSR count). The smallest absolute Gasteiger partial charge is 0.243 e. The van der Waals surface area contributed by atoms with Crippen LogP contribution in [0.25, 0.3) is 0 Å². The molecule has 2 aliphatic rings. The molecule has 0 unspecified atom stereocenters. The summed E-state index contributed by atoms with van der Waals surface area (Å²) in [6.07, 6.45) is 1.68. The molecule has 2 aromatic rings. The lowest BCUT2D eigenvalue weighted by Crippen LogP contribution is -2.67. The maximum absolute atomic E-state index is 13.5. The molecule has 8 heteroatoms. The highest BCUT2D eigenvalue weighted by Gasteiger charge is 2.50. The SMILES string of the molecule is COCC#Cc1ccc([C@@H]2[C@H]3CN(S(=O)(=O)c4ccc(OC)cc4)CCCCN3[C@H]2CO)cc1. The van der Waals surface area contributed by atoms with Crippen molar-refractivity contribution in [3.05, 3.63) is 59.7 Å². The second-order valence-electron chi connectivity index (χ2n) is 8.68. The zero-order chi connectivity index (χ0) is 24.1. The van der Waals surface area contributed by atoms with Gasteiger partial charge in [-0.15, -0.1) is 0 Å². The Kier molecular flexibility index (Phi) is 7.91. The third kappa shape index (κ3) is 4.99. The van der Waals surface area contributed by atoms with E-state index in [4.69, 9.17) is 9.47 Å². The Morgan fingerprint density at radius 3 is 2.38 bits per heavy atom. The van der Waals surface area contributed by atoms with Crippen LogP contribution in [-0.2, 0) is 14.8 Å². The molecule has 182 valence electrons. The molecule has 2 aliphatic heterocycles. The van der Waals surface area contributed by atoms with Gasteiger partial charge in [0.15, 0.2) is 0 Å². The summed E-state index contributed by atoms with van der Waals surface area (Å²) in [5.41, 5.74) is 2.00. The standard InChI is InChI=1S/C26H32N2O5S/c1-32-17-5-6-20-7-9-21(10-8-20)26-24-18-27(15-3-4-16-28(24)25(26)19-29)34(30,31)23-13-11-22(33-2)12-14-23/h7-14,24-26,29H,3-4,15-19H2,1-2H3/t24-,25+,26-/m1/s1. The molecular weight excluding hydrogens is 452 g/mol. The highest BCUT2D eigenvalue weighted by atomic mass is 32.2. The molecule has 0 saturated carbocycles. The van der Waals surface area contributed by atoms with Gasteiger partial charge in [-0.25, -0.2) is 8.42 Å². The molecule has 0 radical (unpaired) electrons. The van der Waals surface area contributed by atoms with E-state index in [9.17, 15) is 13.5 Å². The van der Waals surface area contributed by atoms with Crippen LogP contribution in [0.4, 0.5) is 0 Å². The van der Waals surface area contributed by atoms with Crippen molar-refractivity contribution >= 4 is 10.0 Å². The van der Waals surface area contributed by atoms with Crippen LogP contribution in [-0.4, -0.2) is 81.9 Å². The Labute approximate surface area is 202 Å². The van der Waals surface area contributed by atoms with Gasteiger partial charge in [-0.2, -0.15) is 4.31 Å². The van der Waals surface area contributed by atoms with Gasteiger partial charge in [0.05, 0.1) is 18.6 Å². The van der Waals surface area contributed by atoms with Gasteiger partial charge in [0, 0.05) is 43.8 Å². The number of fused-ring (bicyclic) bond motifs is 1. The van der Waals surface area contributed by atoms with Crippen molar-refractivity contribution in [1.82, 2.24) is 9.21 Å². The lowest BCUT2D eigenvalue weighted by molar-refractivity contribution is -0.0553. The van der Waals surface area contributed by atoms with Gasteiger partial charge in [-0.3, -0.25) is 4.90 Å². The summed E-state index contributed by atoms with van der Waals surface area (Å²) in [4.78, 5) is 2.54. The van der Waals surface area contributed by atoms with Gasteiger partial charge in [-0.1, -0.05) is 24.0 Å². The fourth-order valence-electron chi connectivity index (χ4n) is 5.02. The first-order valence-corrected chi connectivity index (χ1v) is 13.0. The average Bonchev–Trinajstić information content (AvgIpc) is 2.84. The normalized spacial score (nSPS) is 23.6. The van der Waals surface area contributed by atoms with Gasteiger partial charge in [-0.05, 0) is 61.3 Å². The topological polar surface area (TPSA) is 79.3 Å². The summed E-state index contributed by atoms with van der Waals surface area (Å²) in [5.74, 6) is 6.70. The molecule has 1 N–H and O–H groups in total. The first kappa shape index (κ1) is 24.7. The Morgan fingerprint density at radius 2 is 1.74 bits per heavy atom. The van der Waals surface area contributed by atoms with Gasteiger partial charge in [0.25, 0.3) is 0 Å². The summed E-state index contributed by atoms with van der Waals surface area (Å²) in [6, 6.07) is 14.6. The van der Waals surface area contributed by atoms with E-state index in [1.165, 1.54) is 0 Å². The van der Waals surface area contributed by atoms with Crippen LogP contribution in [0.3, 0.4) is 0 Å². The van der Waals surface area contributed by atoms with Crippen LogP contribution in [0.2, 0.25) is 0 Å². The van der Waals surface area contributed by atoms with Crippen LogP contribution in [0.15, 0.2) is 53.4 Å². The van der Waals surface area contributed by atoms with E-state index in [-0.39, 0.29) is 29.5 Å². The number of rotatable bonds is 6. The van der Waals surface area contributed by atoms with Gasteiger partial charge < -0.3 is 14.6 Å². The third-order valence-corrected chi connectivity index (χ3v) is 8.65. The molecule has 2 heterocycles. The number of aliphatic hydroxyl groups excluding tert-OH is 1. The van der Waals surface area contributed by atoms with Crippen molar-refractivity contribution in [2.45, 2.75) is 35.7 Å². The second-order valence-corrected chi connectivity index (χ2v) is 10.6. The van der Waals surface area contributed by atoms with E-state index < -0.39 is 10.0 Å². The zero-order valence-corrected chi connectivity index (χ0v) is 20.5. The number of hydrogen-bond donors (Lipinski definition) is 1. The number of ether oxygens (including phenoxy) is 2. The molecule has 2 fully saturated rings. The lowest BCUT2D eigenvalue weighted by atomic mass is 9.74. The van der Waals surface area contributed by atoms with Crippen LogP contribution >= 0.6 is 0 Å². The third-order valence-electron chi connectivity index (χ3n) is 6.77. The molecule has 7 nitrogen and oxygen atoms in total. The number of nitrogens with zero attached hydrogens (tertiary/aromatic N) is 2. The van der Waals surface area contributed by atoms with Gasteiger partial charge >= 0.3 is 0 Å². The fraction of sp³-hybridized carbons (Fsp3) is 0.462. The monoisotopic (exact) mass is 484 g/mol. The van der Waals surface area contributed by atoms with Gasteiger partial charge in [0.1, 0.15) is 12.4 Å². The van der Waals surface area contributed by atoms with Crippen molar-refractivity contribution in [3.63, 3.8) is 0 Å². The number of benzene rings is 2.